The van der Waals surface area contributed by atoms with E-state index < -0.39 is 9.84 Å². The van der Waals surface area contributed by atoms with Gasteiger partial charge in [0.15, 0.2) is 9.84 Å². The second-order valence-corrected chi connectivity index (χ2v) is 8.60. The molecule has 0 aromatic carbocycles. The molecule has 22 heavy (non-hydrogen) atoms. The van der Waals surface area contributed by atoms with Crippen LogP contribution in [0, 0.1) is 0 Å². The fourth-order valence-electron chi connectivity index (χ4n) is 3.29. The van der Waals surface area contributed by atoms with Crippen LogP contribution in [0.2, 0.25) is 0 Å². The van der Waals surface area contributed by atoms with Crippen molar-refractivity contribution in [2.45, 2.75) is 18.6 Å². The molecular weight excluding hydrogens is 302 g/mol. The lowest BCUT2D eigenvalue weighted by molar-refractivity contribution is 0.0571. The largest absolute Gasteiger partial charge is 0.347 e. The van der Waals surface area contributed by atoms with E-state index in [-0.39, 0.29) is 23.6 Å². The summed E-state index contributed by atoms with van der Waals surface area (Å²) < 4.78 is 24.0. The van der Waals surface area contributed by atoms with Gasteiger partial charge in [-0.25, -0.2) is 18.4 Å². The zero-order valence-corrected chi connectivity index (χ0v) is 14.1. The molecule has 1 aromatic heterocycles. The number of rotatable bonds is 3. The number of nitrogens with zero attached hydrogens (tertiary/aromatic N) is 5. The summed E-state index contributed by atoms with van der Waals surface area (Å²) >= 11 is 0. The first-order valence-corrected chi connectivity index (χ1v) is 9.31. The summed E-state index contributed by atoms with van der Waals surface area (Å²) in [5.41, 5.74) is 1.03. The van der Waals surface area contributed by atoms with Crippen LogP contribution in [0.4, 0.5) is 5.95 Å². The first-order valence-electron chi connectivity index (χ1n) is 7.49. The van der Waals surface area contributed by atoms with Gasteiger partial charge in [-0.2, -0.15) is 0 Å². The van der Waals surface area contributed by atoms with Gasteiger partial charge in [0.25, 0.3) is 0 Å². The second kappa shape index (κ2) is 5.75. The highest BCUT2D eigenvalue weighted by Crippen LogP contribution is 2.27. The maximum absolute atomic E-state index is 12.0. The standard InChI is InChI=1S/C14H23N5O2S/c1-17(2)14-15-6-11(7-16-14)8-19-5-4-18(3)12-9-22(20,21)10-13(12)19/h6-7,12-13H,4-5,8-10H2,1-3H3/t12-,13+/m1/s1. The van der Waals surface area contributed by atoms with Crippen molar-refractivity contribution in [1.29, 1.82) is 0 Å². The summed E-state index contributed by atoms with van der Waals surface area (Å²) in [4.78, 5) is 15.0. The Bertz CT molecular complexity index is 631. The Labute approximate surface area is 131 Å². The average molecular weight is 325 g/mol. The van der Waals surface area contributed by atoms with Crippen LogP contribution >= 0.6 is 0 Å². The molecule has 2 aliphatic heterocycles. The number of anilines is 1. The summed E-state index contributed by atoms with van der Waals surface area (Å²) in [6.45, 7) is 2.48. The first-order chi connectivity index (χ1) is 10.4. The van der Waals surface area contributed by atoms with Crippen molar-refractivity contribution < 1.29 is 8.42 Å². The number of hydrogen-bond donors (Lipinski definition) is 0. The van der Waals surface area contributed by atoms with Crippen LogP contribution in [0.5, 0.6) is 0 Å². The maximum Gasteiger partial charge on any atom is 0.224 e. The lowest BCUT2D eigenvalue weighted by Crippen LogP contribution is -2.57. The highest BCUT2D eigenvalue weighted by molar-refractivity contribution is 7.91. The molecule has 2 atom stereocenters. The number of fused-ring (bicyclic) bond motifs is 1. The molecule has 0 N–H and O–H groups in total. The highest BCUT2D eigenvalue weighted by Gasteiger charge is 2.45. The van der Waals surface area contributed by atoms with Gasteiger partial charge in [-0.05, 0) is 7.05 Å². The minimum atomic E-state index is -2.93. The van der Waals surface area contributed by atoms with Crippen molar-refractivity contribution in [3.63, 3.8) is 0 Å². The summed E-state index contributed by atoms with van der Waals surface area (Å²) in [5.74, 6) is 1.22. The summed E-state index contributed by atoms with van der Waals surface area (Å²) in [6, 6.07) is 0.193. The smallest absolute Gasteiger partial charge is 0.224 e. The minimum Gasteiger partial charge on any atom is -0.347 e. The van der Waals surface area contributed by atoms with Crippen molar-refractivity contribution in [3.8, 4) is 0 Å². The third kappa shape index (κ3) is 3.09. The molecule has 0 bridgehead atoms. The topological polar surface area (TPSA) is 69.6 Å². The van der Waals surface area contributed by atoms with Crippen molar-refractivity contribution in [3.05, 3.63) is 18.0 Å². The molecule has 0 unspecified atom stereocenters. The first kappa shape index (κ1) is 15.6. The van der Waals surface area contributed by atoms with E-state index in [9.17, 15) is 8.42 Å². The van der Waals surface area contributed by atoms with Gasteiger partial charge in [0.2, 0.25) is 5.95 Å². The highest BCUT2D eigenvalue weighted by atomic mass is 32.2. The fourth-order valence-corrected chi connectivity index (χ4v) is 5.38. The molecular formula is C14H23N5O2S. The van der Waals surface area contributed by atoms with Gasteiger partial charge >= 0.3 is 0 Å². The summed E-state index contributed by atoms with van der Waals surface area (Å²) in [6.07, 6.45) is 3.66. The van der Waals surface area contributed by atoms with Gasteiger partial charge in [0, 0.05) is 63.8 Å². The van der Waals surface area contributed by atoms with Gasteiger partial charge in [0.05, 0.1) is 11.5 Å². The molecule has 3 rings (SSSR count). The Morgan fingerprint density at radius 3 is 2.45 bits per heavy atom. The number of piperazine rings is 1. The molecule has 0 amide bonds. The van der Waals surface area contributed by atoms with E-state index in [0.717, 1.165) is 18.7 Å². The Morgan fingerprint density at radius 2 is 1.82 bits per heavy atom. The molecule has 122 valence electrons. The fraction of sp³-hybridized carbons (Fsp3) is 0.714. The Hall–Kier alpha value is -1.25. The zero-order valence-electron chi connectivity index (χ0n) is 13.3. The molecule has 2 saturated heterocycles. The van der Waals surface area contributed by atoms with E-state index in [2.05, 4.69) is 19.8 Å². The molecule has 7 nitrogen and oxygen atoms in total. The summed E-state index contributed by atoms with van der Waals surface area (Å²) in [7, 11) is 2.90. The van der Waals surface area contributed by atoms with Crippen LogP contribution in [0.1, 0.15) is 5.56 Å². The second-order valence-electron chi connectivity index (χ2n) is 6.45. The minimum absolute atomic E-state index is 0.0808. The maximum atomic E-state index is 12.0. The molecule has 2 aliphatic rings. The molecule has 0 spiro atoms. The van der Waals surface area contributed by atoms with E-state index in [4.69, 9.17) is 0 Å². The van der Waals surface area contributed by atoms with Gasteiger partial charge in [-0.1, -0.05) is 0 Å². The molecule has 0 aliphatic carbocycles. The SMILES string of the molecule is CN(C)c1ncc(CN2CCN(C)[C@@H]3CS(=O)(=O)C[C@@H]32)cn1. The van der Waals surface area contributed by atoms with Crippen molar-refractivity contribution in [2.75, 3.05) is 50.6 Å². The third-order valence-electron chi connectivity index (χ3n) is 4.55. The predicted molar refractivity (Wildman–Crippen MR) is 85.6 cm³/mol. The summed E-state index contributed by atoms with van der Waals surface area (Å²) in [5, 5.41) is 0. The quantitative estimate of drug-likeness (QED) is 0.739. The Kier molecular flexibility index (Phi) is 4.09. The van der Waals surface area contributed by atoms with Crippen molar-refractivity contribution >= 4 is 15.8 Å². The van der Waals surface area contributed by atoms with Crippen molar-refractivity contribution in [1.82, 2.24) is 19.8 Å². The normalized spacial score (nSPS) is 28.5. The number of likely N-dealkylation sites (N-methyl/N-ethyl adjacent to an activating group) is 1. The number of hydrogen-bond acceptors (Lipinski definition) is 7. The third-order valence-corrected chi connectivity index (χ3v) is 6.24. The van der Waals surface area contributed by atoms with Crippen LogP contribution in [0.15, 0.2) is 12.4 Å². The van der Waals surface area contributed by atoms with Gasteiger partial charge in [-0.15, -0.1) is 0 Å². The lowest BCUT2D eigenvalue weighted by atomic mass is 10.0. The van der Waals surface area contributed by atoms with Crippen LogP contribution in [0.3, 0.4) is 0 Å². The van der Waals surface area contributed by atoms with Crippen LogP contribution < -0.4 is 4.90 Å². The number of sulfone groups is 1. The molecule has 2 fully saturated rings. The van der Waals surface area contributed by atoms with Gasteiger partial charge in [-0.3, -0.25) is 9.80 Å². The van der Waals surface area contributed by atoms with Crippen molar-refractivity contribution in [2.24, 2.45) is 0 Å². The van der Waals surface area contributed by atoms with E-state index >= 15 is 0 Å². The molecule has 3 heterocycles. The Balaban J connectivity index is 1.74. The number of aromatic nitrogens is 2. The monoisotopic (exact) mass is 325 g/mol. The average Bonchev–Trinajstić information content (AvgIpc) is 2.79. The van der Waals surface area contributed by atoms with E-state index in [1.54, 1.807) is 0 Å². The molecule has 0 radical (unpaired) electrons. The molecule has 8 heteroatoms. The van der Waals surface area contributed by atoms with Gasteiger partial charge in [0.1, 0.15) is 0 Å². The van der Waals surface area contributed by atoms with Crippen LogP contribution in [-0.4, -0.2) is 86.0 Å². The molecule has 0 saturated carbocycles. The predicted octanol–water partition coefficient (Wildman–Crippen LogP) is -0.544. The van der Waals surface area contributed by atoms with E-state index in [1.165, 1.54) is 0 Å². The van der Waals surface area contributed by atoms with Crippen LogP contribution in [-0.2, 0) is 16.4 Å². The zero-order chi connectivity index (χ0) is 15.9. The van der Waals surface area contributed by atoms with E-state index in [1.807, 2.05) is 38.4 Å². The van der Waals surface area contributed by atoms with Gasteiger partial charge < -0.3 is 4.90 Å². The Morgan fingerprint density at radius 1 is 1.18 bits per heavy atom. The van der Waals surface area contributed by atoms with Crippen LogP contribution in [0.25, 0.3) is 0 Å². The molecule has 1 aromatic rings. The lowest BCUT2D eigenvalue weighted by Gasteiger charge is -2.42. The van der Waals surface area contributed by atoms with E-state index in [0.29, 0.717) is 12.5 Å².